The van der Waals surface area contributed by atoms with Crippen LogP contribution in [0.3, 0.4) is 0 Å². The molecule has 94 valence electrons. The van der Waals surface area contributed by atoms with Gasteiger partial charge in [-0.25, -0.2) is 4.79 Å². The summed E-state index contributed by atoms with van der Waals surface area (Å²) in [6.45, 7) is 3.35. The standard InChI is InChI=1S/C9H16O7/c1-3(2)15-7-5(11)4(10)6(8(12)13)16-9(7)14/h3-7,9-11,14H,1-2H3,(H,12,13)/t4-,5-,6-,7+,9?/m0/s1. The van der Waals surface area contributed by atoms with Gasteiger partial charge < -0.3 is 29.9 Å². The van der Waals surface area contributed by atoms with Crippen LogP contribution in [0.4, 0.5) is 0 Å². The Morgan fingerprint density at radius 2 is 1.81 bits per heavy atom. The van der Waals surface area contributed by atoms with Crippen molar-refractivity contribution >= 4 is 5.97 Å². The Morgan fingerprint density at radius 3 is 2.25 bits per heavy atom. The van der Waals surface area contributed by atoms with Crippen molar-refractivity contribution in [2.45, 2.75) is 50.7 Å². The molecule has 0 aromatic heterocycles. The van der Waals surface area contributed by atoms with Crippen molar-refractivity contribution in [1.82, 2.24) is 0 Å². The van der Waals surface area contributed by atoms with Crippen molar-refractivity contribution in [3.05, 3.63) is 0 Å². The van der Waals surface area contributed by atoms with Crippen LogP contribution in [0, 0.1) is 0 Å². The lowest BCUT2D eigenvalue weighted by Crippen LogP contribution is -2.60. The molecule has 0 amide bonds. The van der Waals surface area contributed by atoms with Crippen LogP contribution >= 0.6 is 0 Å². The number of hydrogen-bond donors (Lipinski definition) is 4. The first-order chi connectivity index (χ1) is 7.34. The maximum atomic E-state index is 10.6. The van der Waals surface area contributed by atoms with Gasteiger partial charge in [0, 0.05) is 0 Å². The topological polar surface area (TPSA) is 116 Å². The number of aliphatic hydroxyl groups excluding tert-OH is 3. The maximum Gasteiger partial charge on any atom is 0.335 e. The highest BCUT2D eigenvalue weighted by Gasteiger charge is 2.47. The Bertz CT molecular complexity index is 254. The van der Waals surface area contributed by atoms with E-state index in [0.29, 0.717) is 0 Å². The molecule has 1 rings (SSSR count). The molecule has 0 spiro atoms. The average molecular weight is 236 g/mol. The molecule has 7 nitrogen and oxygen atoms in total. The lowest BCUT2D eigenvalue weighted by atomic mass is 9.99. The van der Waals surface area contributed by atoms with Gasteiger partial charge in [-0.15, -0.1) is 0 Å². The number of hydrogen-bond acceptors (Lipinski definition) is 6. The predicted molar refractivity (Wildman–Crippen MR) is 50.5 cm³/mol. The molecule has 0 aromatic carbocycles. The van der Waals surface area contributed by atoms with Crippen LogP contribution in [0.5, 0.6) is 0 Å². The summed E-state index contributed by atoms with van der Waals surface area (Å²) in [6.07, 6.45) is -7.84. The molecule has 7 heteroatoms. The van der Waals surface area contributed by atoms with Crippen molar-refractivity contribution in [2.75, 3.05) is 0 Å². The molecule has 0 aromatic rings. The van der Waals surface area contributed by atoms with Crippen molar-refractivity contribution in [1.29, 1.82) is 0 Å². The average Bonchev–Trinajstić information content (AvgIpc) is 2.17. The molecule has 0 bridgehead atoms. The van der Waals surface area contributed by atoms with Gasteiger partial charge in [0.25, 0.3) is 0 Å². The number of carbonyl (C=O) groups is 1. The van der Waals surface area contributed by atoms with Gasteiger partial charge in [-0.2, -0.15) is 0 Å². The molecule has 0 radical (unpaired) electrons. The SMILES string of the molecule is CC(C)O[C@H]1C(O)O[C@H](C(=O)O)[C@@H](O)[C@@H]1O. The lowest BCUT2D eigenvalue weighted by Gasteiger charge is -2.39. The van der Waals surface area contributed by atoms with Gasteiger partial charge in [-0.3, -0.25) is 0 Å². The fraction of sp³-hybridized carbons (Fsp3) is 0.889. The van der Waals surface area contributed by atoms with Crippen LogP contribution in [0.25, 0.3) is 0 Å². The van der Waals surface area contributed by atoms with Crippen LogP contribution < -0.4 is 0 Å². The Morgan fingerprint density at radius 1 is 1.25 bits per heavy atom. The zero-order valence-corrected chi connectivity index (χ0v) is 8.98. The minimum absolute atomic E-state index is 0.300. The Balaban J connectivity index is 2.75. The molecule has 1 unspecified atom stereocenters. The number of ether oxygens (including phenoxy) is 2. The van der Waals surface area contributed by atoms with Gasteiger partial charge in [0.1, 0.15) is 18.3 Å². The van der Waals surface area contributed by atoms with Gasteiger partial charge in [-0.05, 0) is 13.8 Å². The highest BCUT2D eigenvalue weighted by molar-refractivity contribution is 5.73. The first-order valence-electron chi connectivity index (χ1n) is 4.92. The Kier molecular flexibility index (Phi) is 4.22. The number of rotatable bonds is 3. The normalized spacial score (nSPS) is 40.0. The van der Waals surface area contributed by atoms with E-state index in [1.807, 2.05) is 0 Å². The summed E-state index contributed by atoms with van der Waals surface area (Å²) >= 11 is 0. The lowest BCUT2D eigenvalue weighted by molar-refractivity contribution is -0.294. The zero-order valence-electron chi connectivity index (χ0n) is 8.98. The first-order valence-corrected chi connectivity index (χ1v) is 4.92. The smallest absolute Gasteiger partial charge is 0.335 e. The third-order valence-corrected chi connectivity index (χ3v) is 2.24. The number of aliphatic carboxylic acids is 1. The molecule has 0 saturated carbocycles. The molecule has 1 aliphatic rings. The molecule has 1 aliphatic heterocycles. The summed E-state index contributed by atoms with van der Waals surface area (Å²) < 4.78 is 9.80. The number of aliphatic hydroxyl groups is 3. The summed E-state index contributed by atoms with van der Waals surface area (Å²) in [5.74, 6) is -1.45. The van der Waals surface area contributed by atoms with Gasteiger partial charge in [0.2, 0.25) is 0 Å². The largest absolute Gasteiger partial charge is 0.479 e. The Hall–Kier alpha value is -0.730. The third kappa shape index (κ3) is 2.69. The predicted octanol–water partition coefficient (Wildman–Crippen LogP) is -1.70. The van der Waals surface area contributed by atoms with E-state index < -0.39 is 36.7 Å². The van der Waals surface area contributed by atoms with E-state index >= 15 is 0 Å². The third-order valence-electron chi connectivity index (χ3n) is 2.24. The zero-order chi connectivity index (χ0) is 12.5. The maximum absolute atomic E-state index is 10.6. The van der Waals surface area contributed by atoms with Gasteiger partial charge in [0.15, 0.2) is 12.4 Å². The summed E-state index contributed by atoms with van der Waals surface area (Å²) in [5, 5.41) is 37.2. The van der Waals surface area contributed by atoms with E-state index in [4.69, 9.17) is 9.84 Å². The van der Waals surface area contributed by atoms with E-state index in [9.17, 15) is 20.1 Å². The minimum atomic E-state index is -1.66. The van der Waals surface area contributed by atoms with Crippen LogP contribution in [0.15, 0.2) is 0 Å². The molecule has 0 aliphatic carbocycles. The summed E-state index contributed by atoms with van der Waals surface area (Å²) in [7, 11) is 0. The van der Waals surface area contributed by atoms with Gasteiger partial charge in [0.05, 0.1) is 6.10 Å². The van der Waals surface area contributed by atoms with Crippen molar-refractivity contribution in [3.63, 3.8) is 0 Å². The van der Waals surface area contributed by atoms with Crippen LogP contribution in [0.2, 0.25) is 0 Å². The second-order valence-corrected chi connectivity index (χ2v) is 3.92. The minimum Gasteiger partial charge on any atom is -0.479 e. The van der Waals surface area contributed by atoms with Crippen molar-refractivity contribution in [3.8, 4) is 0 Å². The number of carboxylic acid groups (broad SMARTS) is 1. The van der Waals surface area contributed by atoms with E-state index in [-0.39, 0.29) is 6.10 Å². The van der Waals surface area contributed by atoms with E-state index in [1.54, 1.807) is 13.8 Å². The number of carboxylic acids is 1. The van der Waals surface area contributed by atoms with Crippen molar-refractivity contribution < 1.29 is 34.7 Å². The molecule has 16 heavy (non-hydrogen) atoms. The van der Waals surface area contributed by atoms with Gasteiger partial charge >= 0.3 is 5.97 Å². The highest BCUT2D eigenvalue weighted by atomic mass is 16.7. The molecular weight excluding hydrogens is 220 g/mol. The first kappa shape index (κ1) is 13.3. The van der Waals surface area contributed by atoms with E-state index in [2.05, 4.69) is 4.74 Å². The fourth-order valence-corrected chi connectivity index (χ4v) is 1.52. The van der Waals surface area contributed by atoms with Crippen LogP contribution in [0.1, 0.15) is 13.8 Å². The van der Waals surface area contributed by atoms with E-state index in [1.165, 1.54) is 0 Å². The van der Waals surface area contributed by atoms with Crippen LogP contribution in [-0.4, -0.2) is 63.2 Å². The quantitative estimate of drug-likeness (QED) is 0.461. The highest BCUT2D eigenvalue weighted by Crippen LogP contribution is 2.23. The fourth-order valence-electron chi connectivity index (χ4n) is 1.52. The molecule has 4 N–H and O–H groups in total. The van der Waals surface area contributed by atoms with Crippen molar-refractivity contribution in [2.24, 2.45) is 0 Å². The van der Waals surface area contributed by atoms with Crippen LogP contribution in [-0.2, 0) is 14.3 Å². The van der Waals surface area contributed by atoms with Gasteiger partial charge in [-0.1, -0.05) is 0 Å². The molecule has 5 atom stereocenters. The molecule has 1 saturated heterocycles. The Labute approximate surface area is 92.2 Å². The second-order valence-electron chi connectivity index (χ2n) is 3.92. The van der Waals surface area contributed by atoms with E-state index in [0.717, 1.165) is 0 Å². The molecule has 1 fully saturated rings. The second kappa shape index (κ2) is 5.07. The summed E-state index contributed by atoms with van der Waals surface area (Å²) in [4.78, 5) is 10.6. The summed E-state index contributed by atoms with van der Waals surface area (Å²) in [5.41, 5.74) is 0. The molecule has 1 heterocycles. The molecular formula is C9H16O7. The monoisotopic (exact) mass is 236 g/mol. The summed E-state index contributed by atoms with van der Waals surface area (Å²) in [6, 6.07) is 0.